The molecule has 0 N–H and O–H groups in total. The summed E-state index contributed by atoms with van der Waals surface area (Å²) < 4.78 is 7.29. The first-order valence-corrected chi connectivity index (χ1v) is 10.5. The minimum absolute atomic E-state index is 0.0182. The maximum Gasteiger partial charge on any atom is 0.345 e. The Morgan fingerprint density at radius 2 is 1.70 bits per heavy atom. The van der Waals surface area contributed by atoms with Gasteiger partial charge in [-0.3, -0.25) is 4.79 Å². The molecule has 1 fully saturated rings. The number of amides is 1. The largest absolute Gasteiger partial charge is 0.422 e. The monoisotopic (exact) mass is 400 g/mol. The predicted molar refractivity (Wildman–Crippen MR) is 118 cm³/mol. The van der Waals surface area contributed by atoms with Gasteiger partial charge in [0.05, 0.1) is 10.9 Å². The van der Waals surface area contributed by atoms with Gasteiger partial charge in [0, 0.05) is 25.5 Å². The van der Waals surface area contributed by atoms with Gasteiger partial charge in [-0.15, -0.1) is 0 Å². The van der Waals surface area contributed by atoms with E-state index in [2.05, 4.69) is 24.3 Å². The fourth-order valence-electron chi connectivity index (χ4n) is 4.65. The van der Waals surface area contributed by atoms with Crippen molar-refractivity contribution in [3.8, 4) is 0 Å². The van der Waals surface area contributed by atoms with Crippen LogP contribution in [0.5, 0.6) is 0 Å². The Morgan fingerprint density at radius 1 is 1.00 bits per heavy atom. The lowest BCUT2D eigenvalue weighted by molar-refractivity contribution is 0.0681. The van der Waals surface area contributed by atoms with Gasteiger partial charge >= 0.3 is 5.63 Å². The fourth-order valence-corrected chi connectivity index (χ4v) is 4.65. The quantitative estimate of drug-likeness (QED) is 0.480. The van der Waals surface area contributed by atoms with Gasteiger partial charge in [0.1, 0.15) is 11.3 Å². The third-order valence-corrected chi connectivity index (χ3v) is 6.29. The summed E-state index contributed by atoms with van der Waals surface area (Å²) in [5, 5.41) is 1.30. The second kappa shape index (κ2) is 7.48. The van der Waals surface area contributed by atoms with Crippen LogP contribution >= 0.6 is 0 Å². The van der Waals surface area contributed by atoms with Crippen LogP contribution in [0, 0.1) is 5.92 Å². The number of hydrogen-bond donors (Lipinski definition) is 0. The third kappa shape index (κ3) is 3.20. The van der Waals surface area contributed by atoms with Gasteiger partial charge in [-0.2, -0.15) is 0 Å². The summed E-state index contributed by atoms with van der Waals surface area (Å²) in [6, 6.07) is 19.7. The number of piperidine rings is 1. The van der Waals surface area contributed by atoms with E-state index in [-0.39, 0.29) is 5.91 Å². The highest BCUT2D eigenvalue weighted by Gasteiger charge is 2.27. The third-order valence-electron chi connectivity index (χ3n) is 6.29. The molecule has 1 amide bonds. The number of benzene rings is 2. The van der Waals surface area contributed by atoms with Crippen molar-refractivity contribution in [3.63, 3.8) is 0 Å². The van der Waals surface area contributed by atoms with E-state index in [0.717, 1.165) is 43.3 Å². The van der Waals surface area contributed by atoms with Crippen LogP contribution < -0.4 is 5.63 Å². The SMILES string of the molecule is Cn1c(C(=O)N2CCC(Cc3ccccc3)CC2)cc2c(=O)oc3ccccc3c21. The van der Waals surface area contributed by atoms with Crippen LogP contribution in [-0.2, 0) is 13.5 Å². The van der Waals surface area contributed by atoms with E-state index in [1.54, 1.807) is 12.1 Å². The van der Waals surface area contributed by atoms with E-state index in [9.17, 15) is 9.59 Å². The van der Waals surface area contributed by atoms with Crippen LogP contribution in [0.4, 0.5) is 0 Å². The maximum absolute atomic E-state index is 13.3. The van der Waals surface area contributed by atoms with Crippen LogP contribution in [0.15, 0.2) is 69.9 Å². The molecule has 1 saturated heterocycles. The van der Waals surface area contributed by atoms with Crippen LogP contribution in [-0.4, -0.2) is 28.5 Å². The Balaban J connectivity index is 1.39. The molecule has 5 rings (SSSR count). The zero-order valence-electron chi connectivity index (χ0n) is 17.0. The highest BCUT2D eigenvalue weighted by molar-refractivity contribution is 6.07. The van der Waals surface area contributed by atoms with E-state index in [4.69, 9.17) is 4.42 Å². The summed E-state index contributed by atoms with van der Waals surface area (Å²) in [5.74, 6) is 0.579. The Morgan fingerprint density at radius 3 is 2.47 bits per heavy atom. The second-order valence-corrected chi connectivity index (χ2v) is 8.16. The van der Waals surface area contributed by atoms with E-state index in [1.165, 1.54) is 5.56 Å². The predicted octanol–water partition coefficient (Wildman–Crippen LogP) is 4.38. The molecule has 1 aliphatic rings. The van der Waals surface area contributed by atoms with E-state index < -0.39 is 5.63 Å². The lowest BCUT2D eigenvalue weighted by atomic mass is 9.90. The topological polar surface area (TPSA) is 55.5 Å². The van der Waals surface area contributed by atoms with Crippen molar-refractivity contribution in [1.82, 2.24) is 9.47 Å². The number of nitrogens with zero attached hydrogens (tertiary/aromatic N) is 2. The van der Waals surface area contributed by atoms with Crippen molar-refractivity contribution in [1.29, 1.82) is 0 Å². The van der Waals surface area contributed by atoms with Crippen LogP contribution in [0.25, 0.3) is 21.9 Å². The van der Waals surface area contributed by atoms with E-state index in [1.807, 2.05) is 40.8 Å². The second-order valence-electron chi connectivity index (χ2n) is 8.16. The molecular weight excluding hydrogens is 376 g/mol. The molecule has 5 nitrogen and oxygen atoms in total. The van der Waals surface area contributed by atoms with Gasteiger partial charge in [-0.05, 0) is 48.9 Å². The molecule has 0 radical (unpaired) electrons. The van der Waals surface area contributed by atoms with E-state index in [0.29, 0.717) is 22.6 Å². The number of para-hydroxylation sites is 1. The molecule has 152 valence electrons. The molecule has 4 aromatic rings. The standard InChI is InChI=1S/C25H24N2O3/c1-26-21(16-20-23(26)19-9-5-6-10-22(19)30-25(20)29)24(28)27-13-11-18(12-14-27)15-17-7-3-2-4-8-17/h2-10,16,18H,11-15H2,1H3. The summed E-state index contributed by atoms with van der Waals surface area (Å²) in [4.78, 5) is 27.7. The lowest BCUT2D eigenvalue weighted by Crippen LogP contribution is -2.39. The van der Waals surface area contributed by atoms with Gasteiger partial charge in [0.25, 0.3) is 5.91 Å². The highest BCUT2D eigenvalue weighted by Crippen LogP contribution is 2.27. The van der Waals surface area contributed by atoms with Crippen LogP contribution in [0.1, 0.15) is 28.9 Å². The summed E-state index contributed by atoms with van der Waals surface area (Å²) >= 11 is 0. The first-order chi connectivity index (χ1) is 14.6. The Labute approximate surface area is 174 Å². The molecule has 5 heteroatoms. The first-order valence-electron chi connectivity index (χ1n) is 10.5. The number of fused-ring (bicyclic) bond motifs is 3. The van der Waals surface area contributed by atoms with Crippen LogP contribution in [0.3, 0.4) is 0 Å². The zero-order chi connectivity index (χ0) is 20.7. The number of aromatic nitrogens is 1. The fraction of sp³-hybridized carbons (Fsp3) is 0.280. The van der Waals surface area contributed by atoms with Gasteiger partial charge in [0.2, 0.25) is 0 Å². The molecule has 0 unspecified atom stereocenters. The highest BCUT2D eigenvalue weighted by atomic mass is 16.4. The van der Waals surface area contributed by atoms with Crippen molar-refractivity contribution >= 4 is 27.8 Å². The molecule has 2 aromatic carbocycles. The number of rotatable bonds is 3. The van der Waals surface area contributed by atoms with Crippen molar-refractivity contribution in [2.24, 2.45) is 13.0 Å². The molecule has 0 spiro atoms. The first kappa shape index (κ1) is 18.7. The molecule has 3 heterocycles. The minimum Gasteiger partial charge on any atom is -0.422 e. The Kier molecular flexibility index (Phi) is 4.66. The van der Waals surface area contributed by atoms with Gasteiger partial charge in [-0.25, -0.2) is 4.79 Å². The molecule has 0 atom stereocenters. The molecule has 0 aliphatic carbocycles. The van der Waals surface area contributed by atoms with Crippen molar-refractivity contribution in [2.75, 3.05) is 13.1 Å². The molecular formula is C25H24N2O3. The summed E-state index contributed by atoms with van der Waals surface area (Å²) in [6.07, 6.45) is 3.05. The summed E-state index contributed by atoms with van der Waals surface area (Å²) in [5.41, 5.74) is 2.78. The molecule has 0 bridgehead atoms. The van der Waals surface area contributed by atoms with E-state index >= 15 is 0 Å². The summed E-state index contributed by atoms with van der Waals surface area (Å²) in [7, 11) is 1.85. The van der Waals surface area contributed by atoms with Gasteiger partial charge < -0.3 is 13.9 Å². The zero-order valence-corrected chi connectivity index (χ0v) is 17.0. The molecule has 0 saturated carbocycles. The molecule has 2 aromatic heterocycles. The normalized spacial score (nSPS) is 15.2. The number of carbonyl (C=O) groups excluding carboxylic acids is 1. The smallest absolute Gasteiger partial charge is 0.345 e. The summed E-state index contributed by atoms with van der Waals surface area (Å²) in [6.45, 7) is 1.49. The van der Waals surface area contributed by atoms with Crippen molar-refractivity contribution in [3.05, 3.63) is 82.3 Å². The minimum atomic E-state index is -0.403. The molecule has 1 aliphatic heterocycles. The number of hydrogen-bond acceptors (Lipinski definition) is 3. The lowest BCUT2D eigenvalue weighted by Gasteiger charge is -2.32. The maximum atomic E-state index is 13.3. The Hall–Kier alpha value is -3.34. The number of aryl methyl sites for hydroxylation is 1. The van der Waals surface area contributed by atoms with Crippen LogP contribution in [0.2, 0.25) is 0 Å². The molecule has 30 heavy (non-hydrogen) atoms. The van der Waals surface area contributed by atoms with Gasteiger partial charge in [0.15, 0.2) is 0 Å². The Bertz CT molecular complexity index is 1280. The number of carbonyl (C=O) groups is 1. The van der Waals surface area contributed by atoms with Gasteiger partial charge in [-0.1, -0.05) is 42.5 Å². The number of likely N-dealkylation sites (tertiary alicyclic amines) is 1. The van der Waals surface area contributed by atoms with Crippen molar-refractivity contribution in [2.45, 2.75) is 19.3 Å². The van der Waals surface area contributed by atoms with Crippen molar-refractivity contribution < 1.29 is 9.21 Å². The average molecular weight is 400 g/mol. The average Bonchev–Trinajstić information content (AvgIpc) is 3.13.